The highest BCUT2D eigenvalue weighted by Gasteiger charge is 2.40. The quantitative estimate of drug-likeness (QED) is 0.653. The largest absolute Gasteiger partial charge is 0.322 e. The zero-order valence-electron chi connectivity index (χ0n) is 20.1. The number of piperidine rings is 1. The molecular formula is C28H37N3O3. The van der Waals surface area contributed by atoms with E-state index in [9.17, 15) is 14.4 Å². The van der Waals surface area contributed by atoms with Gasteiger partial charge in [-0.05, 0) is 79.9 Å². The lowest BCUT2D eigenvalue weighted by Gasteiger charge is -2.38. The molecule has 3 unspecified atom stereocenters. The highest BCUT2D eigenvalue weighted by molar-refractivity contribution is 6.05. The van der Waals surface area contributed by atoms with Gasteiger partial charge >= 0.3 is 0 Å². The standard InChI is InChI=1S/C28H37N3O3/c32-26-10-9-25(27(33)30-26)31-16-21-13-19(7-8-23(21)28(31)34)12-20-3-1-2-4-24(20)29-22-14-17-5-6-18(11-17)15-22/h7-8,13,17-18,20,22,24-25,29H,1-6,9-12,14-16H2,(H,30,32,33)/t17?,18?,20-,22?,24+,25?/m1/s1. The maximum absolute atomic E-state index is 13.0. The van der Waals surface area contributed by atoms with Gasteiger partial charge in [0.2, 0.25) is 11.8 Å². The first-order valence-corrected chi connectivity index (χ1v) is 13.6. The zero-order valence-corrected chi connectivity index (χ0v) is 20.1. The predicted octanol–water partition coefficient (Wildman–Crippen LogP) is 3.72. The van der Waals surface area contributed by atoms with Gasteiger partial charge in [-0.3, -0.25) is 19.7 Å². The van der Waals surface area contributed by atoms with Gasteiger partial charge < -0.3 is 10.2 Å². The Hall–Kier alpha value is -2.21. The van der Waals surface area contributed by atoms with Gasteiger partial charge in [0.25, 0.3) is 5.91 Å². The molecule has 0 radical (unpaired) electrons. The van der Waals surface area contributed by atoms with Crippen LogP contribution in [0.1, 0.15) is 92.1 Å². The minimum absolute atomic E-state index is 0.0832. The van der Waals surface area contributed by atoms with Crippen molar-refractivity contribution >= 4 is 17.7 Å². The average molecular weight is 464 g/mol. The Morgan fingerprint density at radius 2 is 1.74 bits per heavy atom. The van der Waals surface area contributed by atoms with E-state index in [4.69, 9.17) is 0 Å². The average Bonchev–Trinajstić information content (AvgIpc) is 3.33. The van der Waals surface area contributed by atoms with Crippen molar-refractivity contribution < 1.29 is 14.4 Å². The highest BCUT2D eigenvalue weighted by Crippen LogP contribution is 2.42. The molecule has 2 bridgehead atoms. The molecule has 2 heterocycles. The van der Waals surface area contributed by atoms with E-state index in [0.717, 1.165) is 23.8 Å². The number of nitrogens with one attached hydrogen (secondary N) is 2. The molecule has 1 aromatic carbocycles. The summed E-state index contributed by atoms with van der Waals surface area (Å²) in [6.45, 7) is 0.464. The molecule has 2 N–H and O–H groups in total. The second-order valence-electron chi connectivity index (χ2n) is 11.6. The Morgan fingerprint density at radius 1 is 0.941 bits per heavy atom. The van der Waals surface area contributed by atoms with Crippen molar-refractivity contribution in [1.82, 2.24) is 15.5 Å². The van der Waals surface area contributed by atoms with Gasteiger partial charge in [-0.25, -0.2) is 0 Å². The monoisotopic (exact) mass is 463 g/mol. The van der Waals surface area contributed by atoms with Crippen LogP contribution >= 0.6 is 0 Å². The van der Waals surface area contributed by atoms with Crippen LogP contribution in [0.3, 0.4) is 0 Å². The zero-order chi connectivity index (χ0) is 23.2. The topological polar surface area (TPSA) is 78.5 Å². The van der Waals surface area contributed by atoms with Gasteiger partial charge in [-0.2, -0.15) is 0 Å². The van der Waals surface area contributed by atoms with Crippen LogP contribution in [0.25, 0.3) is 0 Å². The lowest BCUT2D eigenvalue weighted by atomic mass is 9.78. The Balaban J connectivity index is 1.12. The number of fused-ring (bicyclic) bond motifs is 3. The Morgan fingerprint density at radius 3 is 2.53 bits per heavy atom. The lowest BCUT2D eigenvalue weighted by Crippen LogP contribution is -2.52. The van der Waals surface area contributed by atoms with Crippen LogP contribution in [-0.2, 0) is 22.6 Å². The van der Waals surface area contributed by atoms with E-state index in [1.807, 2.05) is 6.07 Å². The van der Waals surface area contributed by atoms with Gasteiger partial charge in [-0.15, -0.1) is 0 Å². The van der Waals surface area contributed by atoms with Crippen molar-refractivity contribution in [3.05, 3.63) is 34.9 Å². The first kappa shape index (κ1) is 22.3. The third-order valence-corrected chi connectivity index (χ3v) is 9.33. The number of carbonyl (C=O) groups excluding carboxylic acids is 3. The third kappa shape index (κ3) is 4.30. The maximum Gasteiger partial charge on any atom is 0.255 e. The summed E-state index contributed by atoms with van der Waals surface area (Å²) < 4.78 is 0. The molecule has 6 nitrogen and oxygen atoms in total. The van der Waals surface area contributed by atoms with Gasteiger partial charge in [-0.1, -0.05) is 37.8 Å². The summed E-state index contributed by atoms with van der Waals surface area (Å²) in [7, 11) is 0. The molecule has 182 valence electrons. The number of amides is 3. The molecule has 1 aromatic rings. The third-order valence-electron chi connectivity index (χ3n) is 9.33. The van der Waals surface area contributed by atoms with Crippen molar-refractivity contribution in [3.8, 4) is 0 Å². The van der Waals surface area contributed by atoms with Crippen molar-refractivity contribution in [2.24, 2.45) is 17.8 Å². The van der Waals surface area contributed by atoms with Crippen LogP contribution in [0.5, 0.6) is 0 Å². The lowest BCUT2D eigenvalue weighted by molar-refractivity contribution is -0.136. The van der Waals surface area contributed by atoms with Crippen LogP contribution < -0.4 is 10.6 Å². The minimum Gasteiger partial charge on any atom is -0.322 e. The van der Waals surface area contributed by atoms with E-state index in [1.54, 1.807) is 4.90 Å². The molecule has 5 aliphatic rings. The Labute approximate surface area is 202 Å². The molecule has 3 saturated carbocycles. The van der Waals surface area contributed by atoms with E-state index < -0.39 is 6.04 Å². The fourth-order valence-corrected chi connectivity index (χ4v) is 7.68. The Bertz CT molecular complexity index is 979. The SMILES string of the molecule is O=C1CCC(N2Cc3cc(C[C@H]4CCCC[C@@H]4NC4CC5CCC(C5)C4)ccc3C2=O)C(=O)N1. The smallest absolute Gasteiger partial charge is 0.255 e. The van der Waals surface area contributed by atoms with Crippen molar-refractivity contribution in [2.45, 2.75) is 102 Å². The summed E-state index contributed by atoms with van der Waals surface area (Å²) in [6, 6.07) is 7.05. The van der Waals surface area contributed by atoms with Gasteiger partial charge in [0.15, 0.2) is 0 Å². The predicted molar refractivity (Wildman–Crippen MR) is 129 cm³/mol. The molecule has 3 aliphatic carbocycles. The minimum atomic E-state index is -0.543. The molecule has 2 aliphatic heterocycles. The first-order chi connectivity index (χ1) is 16.5. The fourth-order valence-electron chi connectivity index (χ4n) is 7.68. The number of nitrogens with zero attached hydrogens (tertiary/aromatic N) is 1. The van der Waals surface area contributed by atoms with E-state index in [0.29, 0.717) is 43.0 Å². The molecule has 0 spiro atoms. The normalized spacial score (nSPS) is 35.4. The number of carbonyl (C=O) groups is 3. The van der Waals surface area contributed by atoms with Crippen LogP contribution in [-0.4, -0.2) is 40.7 Å². The number of rotatable bonds is 5. The molecular weight excluding hydrogens is 426 g/mol. The van der Waals surface area contributed by atoms with Crippen molar-refractivity contribution in [2.75, 3.05) is 0 Å². The summed E-state index contributed by atoms with van der Waals surface area (Å²) in [6.07, 6.45) is 14.1. The summed E-state index contributed by atoms with van der Waals surface area (Å²) in [5.74, 6) is 1.89. The van der Waals surface area contributed by atoms with Gasteiger partial charge in [0, 0.05) is 30.6 Å². The summed E-state index contributed by atoms with van der Waals surface area (Å²) in [5.41, 5.74) is 3.04. The highest BCUT2D eigenvalue weighted by atomic mass is 16.2. The van der Waals surface area contributed by atoms with Crippen LogP contribution in [0.2, 0.25) is 0 Å². The number of benzene rings is 1. The van der Waals surface area contributed by atoms with E-state index in [2.05, 4.69) is 22.8 Å². The molecule has 0 aromatic heterocycles. The molecule has 1 saturated heterocycles. The molecule has 6 heteroatoms. The number of hydrogen-bond acceptors (Lipinski definition) is 4. The van der Waals surface area contributed by atoms with E-state index in [1.165, 1.54) is 63.4 Å². The summed E-state index contributed by atoms with van der Waals surface area (Å²) in [4.78, 5) is 38.5. The van der Waals surface area contributed by atoms with Crippen molar-refractivity contribution in [3.63, 3.8) is 0 Å². The molecule has 5 atom stereocenters. The second kappa shape index (κ2) is 9.10. The van der Waals surface area contributed by atoms with Crippen LogP contribution in [0.15, 0.2) is 18.2 Å². The van der Waals surface area contributed by atoms with Gasteiger partial charge in [0.05, 0.1) is 0 Å². The fraction of sp³-hybridized carbons (Fsp3) is 0.679. The molecule has 4 fully saturated rings. The van der Waals surface area contributed by atoms with Gasteiger partial charge in [0.1, 0.15) is 6.04 Å². The number of imide groups is 1. The summed E-state index contributed by atoms with van der Waals surface area (Å²) >= 11 is 0. The summed E-state index contributed by atoms with van der Waals surface area (Å²) in [5, 5.41) is 6.50. The van der Waals surface area contributed by atoms with Crippen molar-refractivity contribution in [1.29, 1.82) is 0 Å². The first-order valence-electron chi connectivity index (χ1n) is 13.6. The Kier molecular flexibility index (Phi) is 5.96. The molecule has 34 heavy (non-hydrogen) atoms. The maximum atomic E-state index is 13.0. The molecule has 6 rings (SSSR count). The van der Waals surface area contributed by atoms with Crippen LogP contribution in [0, 0.1) is 17.8 Å². The van der Waals surface area contributed by atoms with E-state index in [-0.39, 0.29) is 17.7 Å². The van der Waals surface area contributed by atoms with E-state index >= 15 is 0 Å². The van der Waals surface area contributed by atoms with Crippen LogP contribution in [0.4, 0.5) is 0 Å². The molecule has 3 amide bonds. The number of hydrogen-bond donors (Lipinski definition) is 2. The second-order valence-corrected chi connectivity index (χ2v) is 11.6.